The van der Waals surface area contributed by atoms with Crippen molar-refractivity contribution in [1.82, 2.24) is 0 Å². The number of benzene rings is 1. The molecule has 0 spiro atoms. The van der Waals surface area contributed by atoms with Gasteiger partial charge in [0.2, 0.25) is 0 Å². The molecular weight excluding hydrogens is 304 g/mol. The molecule has 0 saturated heterocycles. The first kappa shape index (κ1) is 18.4. The lowest BCUT2D eigenvalue weighted by molar-refractivity contribution is -0.229. The van der Waals surface area contributed by atoms with Gasteiger partial charge in [-0.05, 0) is 25.5 Å². The summed E-state index contributed by atoms with van der Waals surface area (Å²) in [5, 5.41) is 9.06. The molecule has 124 valence electrons. The van der Waals surface area contributed by atoms with E-state index >= 15 is 0 Å². The van der Waals surface area contributed by atoms with Crippen molar-refractivity contribution in [2.24, 2.45) is 0 Å². The summed E-state index contributed by atoms with van der Waals surface area (Å²) in [5.74, 6) is -2.71. The lowest BCUT2D eigenvalue weighted by Crippen LogP contribution is -2.23. The van der Waals surface area contributed by atoms with E-state index in [0.717, 1.165) is 0 Å². The molecule has 1 N–H and O–H groups in total. The Morgan fingerprint density at radius 2 is 1.70 bits per heavy atom. The normalized spacial score (nSPS) is 11.3. The number of rotatable bonds is 6. The fourth-order valence-corrected chi connectivity index (χ4v) is 1.50. The molecule has 1 aromatic rings. The molecule has 0 aliphatic heterocycles. The van der Waals surface area contributed by atoms with Gasteiger partial charge < -0.3 is 9.84 Å². The summed E-state index contributed by atoms with van der Waals surface area (Å²) in [6.07, 6.45) is -0.252. The molecule has 7 heteroatoms. The third-order valence-corrected chi connectivity index (χ3v) is 2.84. The highest BCUT2D eigenvalue weighted by Gasteiger charge is 2.23. The van der Waals surface area contributed by atoms with E-state index in [4.69, 9.17) is 9.84 Å². The number of carbonyl (C=O) groups is 3. The maximum Gasteiger partial charge on any atom is 0.387 e. The fraction of sp³-hybridized carbons (Fsp3) is 0.312. The van der Waals surface area contributed by atoms with E-state index in [9.17, 15) is 14.4 Å². The zero-order chi connectivity index (χ0) is 17.4. The molecule has 0 amide bonds. The molecule has 0 heterocycles. The van der Waals surface area contributed by atoms with Gasteiger partial charge >= 0.3 is 17.9 Å². The molecule has 0 fully saturated rings. The summed E-state index contributed by atoms with van der Waals surface area (Å²) in [7, 11) is 0. The Balaban J connectivity index is 2.88. The summed E-state index contributed by atoms with van der Waals surface area (Å²) in [4.78, 5) is 43.9. The Kier molecular flexibility index (Phi) is 6.95. The van der Waals surface area contributed by atoms with Gasteiger partial charge in [-0.1, -0.05) is 25.6 Å². The molecule has 0 aromatic heterocycles. The van der Waals surface area contributed by atoms with Crippen LogP contribution in [-0.2, 0) is 19.3 Å². The van der Waals surface area contributed by atoms with Crippen molar-refractivity contribution in [3.63, 3.8) is 0 Å². The van der Waals surface area contributed by atoms with Gasteiger partial charge in [-0.15, -0.1) is 0 Å². The fourth-order valence-electron chi connectivity index (χ4n) is 1.50. The van der Waals surface area contributed by atoms with Crippen LogP contribution in [0.1, 0.15) is 41.0 Å². The summed E-state index contributed by atoms with van der Waals surface area (Å²) >= 11 is 0. The van der Waals surface area contributed by atoms with Crippen molar-refractivity contribution in [3.8, 4) is 0 Å². The van der Waals surface area contributed by atoms with Crippen molar-refractivity contribution < 1.29 is 34.0 Å². The van der Waals surface area contributed by atoms with Gasteiger partial charge in [-0.25, -0.2) is 24.2 Å². The molecule has 0 radical (unpaired) electrons. The Hall–Kier alpha value is -2.67. The van der Waals surface area contributed by atoms with Gasteiger partial charge in [0.25, 0.3) is 0 Å². The van der Waals surface area contributed by atoms with Gasteiger partial charge in [0.15, 0.2) is 0 Å². The second kappa shape index (κ2) is 8.70. The van der Waals surface area contributed by atoms with Gasteiger partial charge in [0.05, 0.1) is 17.7 Å². The molecule has 1 unspecified atom stereocenters. The van der Waals surface area contributed by atoms with Crippen LogP contribution in [0.15, 0.2) is 36.4 Å². The monoisotopic (exact) mass is 322 g/mol. The number of carbonyl (C=O) groups excluding carboxylic acids is 3. The number of hydrogen-bond donors (Lipinski definition) is 1. The van der Waals surface area contributed by atoms with E-state index in [1.54, 1.807) is 6.92 Å². The number of ether oxygens (including phenoxy) is 1. The van der Waals surface area contributed by atoms with Crippen LogP contribution in [-0.4, -0.2) is 35.7 Å². The molecule has 0 saturated carbocycles. The van der Waals surface area contributed by atoms with Crippen molar-refractivity contribution in [1.29, 1.82) is 0 Å². The quantitative estimate of drug-likeness (QED) is 0.369. The smallest absolute Gasteiger partial charge is 0.387 e. The second-order valence-corrected chi connectivity index (χ2v) is 4.69. The van der Waals surface area contributed by atoms with E-state index in [1.807, 2.05) is 0 Å². The van der Waals surface area contributed by atoms with E-state index in [2.05, 4.69) is 16.4 Å². The lowest BCUT2D eigenvalue weighted by Gasteiger charge is -2.14. The van der Waals surface area contributed by atoms with Crippen LogP contribution in [0.3, 0.4) is 0 Å². The van der Waals surface area contributed by atoms with Gasteiger partial charge in [-0.2, -0.15) is 0 Å². The number of esters is 1. The predicted octanol–water partition coefficient (Wildman–Crippen LogP) is 1.81. The zero-order valence-electron chi connectivity index (χ0n) is 12.9. The third kappa shape index (κ3) is 5.23. The van der Waals surface area contributed by atoms with Crippen LogP contribution in [0, 0.1) is 0 Å². The van der Waals surface area contributed by atoms with Gasteiger partial charge in [0, 0.05) is 5.57 Å². The highest BCUT2D eigenvalue weighted by atomic mass is 17.2. The summed E-state index contributed by atoms with van der Waals surface area (Å²) in [6.45, 7) is 6.14. The van der Waals surface area contributed by atoms with Crippen molar-refractivity contribution in [2.75, 3.05) is 6.61 Å². The number of hydrogen-bond acceptors (Lipinski definition) is 7. The molecular formula is C16H18O7. The van der Waals surface area contributed by atoms with Crippen LogP contribution < -0.4 is 0 Å². The number of aliphatic hydroxyl groups excluding tert-OH is 1. The largest absolute Gasteiger partial charge is 0.456 e. The predicted molar refractivity (Wildman–Crippen MR) is 79.3 cm³/mol. The molecule has 1 aromatic carbocycles. The first-order chi connectivity index (χ1) is 10.9. The summed E-state index contributed by atoms with van der Waals surface area (Å²) in [5.41, 5.74) is -0.130. The Morgan fingerprint density at radius 3 is 2.17 bits per heavy atom. The molecule has 7 nitrogen and oxygen atoms in total. The van der Waals surface area contributed by atoms with Crippen LogP contribution >= 0.6 is 0 Å². The van der Waals surface area contributed by atoms with E-state index in [1.165, 1.54) is 31.2 Å². The van der Waals surface area contributed by atoms with Crippen LogP contribution in [0.5, 0.6) is 0 Å². The highest BCUT2D eigenvalue weighted by Crippen LogP contribution is 2.14. The minimum absolute atomic E-state index is 0.0548. The first-order valence-corrected chi connectivity index (χ1v) is 6.90. The van der Waals surface area contributed by atoms with Crippen LogP contribution in [0.4, 0.5) is 0 Å². The second-order valence-electron chi connectivity index (χ2n) is 4.69. The van der Waals surface area contributed by atoms with Crippen LogP contribution in [0.2, 0.25) is 0 Å². The average Bonchev–Trinajstić information content (AvgIpc) is 2.56. The molecule has 23 heavy (non-hydrogen) atoms. The highest BCUT2D eigenvalue weighted by molar-refractivity contribution is 6.03. The molecule has 1 atom stereocenters. The first-order valence-electron chi connectivity index (χ1n) is 6.90. The topological polar surface area (TPSA) is 99.1 Å². The average molecular weight is 322 g/mol. The molecule has 0 aliphatic carbocycles. The van der Waals surface area contributed by atoms with E-state index in [0.29, 0.717) is 6.42 Å². The maximum atomic E-state index is 12.1. The van der Waals surface area contributed by atoms with Crippen molar-refractivity contribution in [3.05, 3.63) is 47.5 Å². The SMILES string of the molecule is C=C(C)C(=O)OOC(=O)c1ccccc1C(=O)OC(CC)CO. The van der Waals surface area contributed by atoms with Gasteiger partial charge in [0.1, 0.15) is 6.10 Å². The van der Waals surface area contributed by atoms with Crippen LogP contribution in [0.25, 0.3) is 0 Å². The zero-order valence-corrected chi connectivity index (χ0v) is 12.9. The minimum atomic E-state index is -1.02. The molecule has 1 rings (SSSR count). The van der Waals surface area contributed by atoms with E-state index < -0.39 is 24.0 Å². The Labute approximate surface area is 133 Å². The third-order valence-electron chi connectivity index (χ3n) is 2.84. The molecule has 0 bridgehead atoms. The van der Waals surface area contributed by atoms with Crippen molar-refractivity contribution in [2.45, 2.75) is 26.4 Å². The van der Waals surface area contributed by atoms with Gasteiger partial charge in [-0.3, -0.25) is 0 Å². The van der Waals surface area contributed by atoms with E-state index in [-0.39, 0.29) is 23.3 Å². The lowest BCUT2D eigenvalue weighted by atomic mass is 10.1. The maximum absolute atomic E-state index is 12.1. The van der Waals surface area contributed by atoms with Crippen molar-refractivity contribution >= 4 is 17.9 Å². The standard InChI is InChI=1S/C16H18O7/c1-4-11(9-17)21-15(19)12-7-5-6-8-13(12)16(20)23-22-14(18)10(2)3/h5-8,11,17H,2,4,9H2,1,3H3. The summed E-state index contributed by atoms with van der Waals surface area (Å²) in [6, 6.07) is 5.74. The molecule has 0 aliphatic rings. The summed E-state index contributed by atoms with van der Waals surface area (Å²) < 4.78 is 5.07. The number of aliphatic hydroxyl groups is 1. The Bertz CT molecular complexity index is 602. The minimum Gasteiger partial charge on any atom is -0.456 e. The Morgan fingerprint density at radius 1 is 1.13 bits per heavy atom.